The van der Waals surface area contributed by atoms with Crippen LogP contribution in [0.15, 0.2) is 0 Å². The monoisotopic (exact) mass is 999 g/mol. The van der Waals surface area contributed by atoms with Crippen LogP contribution in [-0.4, -0.2) is 190 Å². The van der Waals surface area contributed by atoms with Gasteiger partial charge in [0.25, 0.3) is 0 Å². The number of nitrogens with one attached hydrogen (secondary N) is 2. The van der Waals surface area contributed by atoms with Crippen LogP contribution in [0.25, 0.3) is 0 Å². The van der Waals surface area contributed by atoms with Crippen molar-refractivity contribution in [2.75, 3.05) is 125 Å². The molecule has 0 aromatic rings. The van der Waals surface area contributed by atoms with Gasteiger partial charge in [-0.15, -0.1) is 0 Å². The Kier molecular flexibility index (Phi) is 56.3. The fraction of sp³-hybridized carbons (Fsp3) is 1.00. The van der Waals surface area contributed by atoms with Crippen LogP contribution in [0.5, 0.6) is 0 Å². The summed E-state index contributed by atoms with van der Waals surface area (Å²) in [6.07, 6.45) is 20.4. The molecule has 16 heteroatoms. The van der Waals surface area contributed by atoms with Crippen molar-refractivity contribution in [2.24, 2.45) is 11.5 Å². The van der Waals surface area contributed by atoms with Gasteiger partial charge in [0.2, 0.25) is 0 Å². The Balaban J connectivity index is 0. The van der Waals surface area contributed by atoms with E-state index in [0.717, 1.165) is 45.7 Å². The fourth-order valence-corrected chi connectivity index (χ4v) is 6.49. The summed E-state index contributed by atoms with van der Waals surface area (Å²) in [5.74, 6) is 0. The normalized spacial score (nSPS) is 16.9. The first-order valence-electron chi connectivity index (χ1n) is 27.6. The molecule has 0 amide bonds. The first-order chi connectivity index (χ1) is 33.3. The zero-order chi connectivity index (χ0) is 51.4. The number of aliphatic hydroxyl groups is 2. The van der Waals surface area contributed by atoms with Crippen molar-refractivity contribution >= 4 is 0 Å². The second kappa shape index (κ2) is 55.1. The second-order valence-corrected chi connectivity index (χ2v) is 19.2. The van der Waals surface area contributed by atoms with E-state index < -0.39 is 12.2 Å². The van der Waals surface area contributed by atoms with Gasteiger partial charge in [0.15, 0.2) is 0 Å². The van der Waals surface area contributed by atoms with Gasteiger partial charge in [0.05, 0.1) is 117 Å². The maximum atomic E-state index is 10.2. The lowest BCUT2D eigenvalue weighted by molar-refractivity contribution is -0.0349. The average molecular weight is 1000 g/mol. The van der Waals surface area contributed by atoms with Crippen LogP contribution in [0.3, 0.4) is 0 Å². The predicted molar refractivity (Wildman–Crippen MR) is 281 cm³/mol. The molecule has 1 rings (SSSR count). The summed E-state index contributed by atoms with van der Waals surface area (Å²) in [6.45, 7) is 29.4. The average Bonchev–Trinajstić information content (AvgIpc) is 4.15. The molecule has 0 spiro atoms. The molecule has 16 nitrogen and oxygen atoms in total. The number of rotatable bonds is 51. The van der Waals surface area contributed by atoms with E-state index in [1.807, 2.05) is 48.5 Å². The Labute approximate surface area is 423 Å². The van der Waals surface area contributed by atoms with Crippen LogP contribution in [0.2, 0.25) is 0 Å². The smallest absolute Gasteiger partial charge is 0.104 e. The van der Waals surface area contributed by atoms with Gasteiger partial charge in [-0.05, 0) is 60.8 Å². The van der Waals surface area contributed by atoms with Crippen molar-refractivity contribution < 1.29 is 57.6 Å². The maximum Gasteiger partial charge on any atom is 0.104 e. The molecule has 69 heavy (non-hydrogen) atoms. The summed E-state index contributed by atoms with van der Waals surface area (Å²) in [5.41, 5.74) is 11.1. The molecule has 1 aliphatic rings. The minimum atomic E-state index is -0.508. The zero-order valence-electron chi connectivity index (χ0n) is 46.1. The molecule has 9 unspecified atom stereocenters. The summed E-state index contributed by atoms with van der Waals surface area (Å²) in [6, 6.07) is 0.416. The van der Waals surface area contributed by atoms with E-state index in [0.29, 0.717) is 105 Å². The Morgan fingerprint density at radius 1 is 0.435 bits per heavy atom. The van der Waals surface area contributed by atoms with E-state index in [-0.39, 0.29) is 36.4 Å². The molecule has 1 aliphatic heterocycles. The third-order valence-corrected chi connectivity index (χ3v) is 10.5. The SMILES string of the molecule is CC(N)COCCOC(C)COCC(C)N.CCCCCCCCCCCCCCCCOCC(O)CNC(C)COCCOC(C)COCC(C)NCC(O)COCCC.CCCOCC1CO1. The first kappa shape index (κ1) is 70.4. The molecule has 0 bridgehead atoms. The van der Waals surface area contributed by atoms with Crippen LogP contribution >= 0.6 is 0 Å². The van der Waals surface area contributed by atoms with Gasteiger partial charge in [0, 0.05) is 57.1 Å². The molecule has 8 N–H and O–H groups in total. The molecular formula is C53H114N4O12. The maximum absolute atomic E-state index is 10.2. The third kappa shape index (κ3) is 61.6. The van der Waals surface area contributed by atoms with Crippen LogP contribution < -0.4 is 22.1 Å². The van der Waals surface area contributed by atoms with Crippen molar-refractivity contribution in [2.45, 2.75) is 220 Å². The number of hydrogen-bond acceptors (Lipinski definition) is 16. The number of unbranched alkanes of at least 4 members (excludes halogenated alkanes) is 13. The predicted octanol–water partition coefficient (Wildman–Crippen LogP) is 6.96. The lowest BCUT2D eigenvalue weighted by atomic mass is 10.0. The molecule has 1 saturated heterocycles. The lowest BCUT2D eigenvalue weighted by Gasteiger charge is -2.19. The molecule has 0 aromatic carbocycles. The summed E-state index contributed by atoms with van der Waals surface area (Å²) in [7, 11) is 0. The molecule has 418 valence electrons. The molecule has 0 radical (unpaired) electrons. The highest BCUT2D eigenvalue weighted by atomic mass is 16.6. The largest absolute Gasteiger partial charge is 0.389 e. The van der Waals surface area contributed by atoms with Gasteiger partial charge < -0.3 is 79.7 Å². The summed E-state index contributed by atoms with van der Waals surface area (Å²) < 4.78 is 54.5. The molecule has 0 aliphatic carbocycles. The summed E-state index contributed by atoms with van der Waals surface area (Å²) in [5, 5.41) is 26.7. The van der Waals surface area contributed by atoms with Crippen LogP contribution in [0.4, 0.5) is 0 Å². The molecular weight excluding hydrogens is 885 g/mol. The van der Waals surface area contributed by atoms with Crippen molar-refractivity contribution in [3.63, 3.8) is 0 Å². The van der Waals surface area contributed by atoms with Crippen molar-refractivity contribution in [1.29, 1.82) is 0 Å². The highest BCUT2D eigenvalue weighted by Crippen LogP contribution is 2.13. The Bertz CT molecular complexity index is 978. The minimum absolute atomic E-state index is 0.0240. The van der Waals surface area contributed by atoms with Crippen molar-refractivity contribution in [1.82, 2.24) is 10.6 Å². The molecule has 1 fully saturated rings. The van der Waals surface area contributed by atoms with Gasteiger partial charge in [-0.25, -0.2) is 0 Å². The van der Waals surface area contributed by atoms with E-state index in [2.05, 4.69) is 24.5 Å². The lowest BCUT2D eigenvalue weighted by Crippen LogP contribution is -2.39. The first-order valence-corrected chi connectivity index (χ1v) is 27.6. The topological polar surface area (TPSA) is 212 Å². The van der Waals surface area contributed by atoms with Crippen LogP contribution in [0.1, 0.15) is 165 Å². The third-order valence-electron chi connectivity index (χ3n) is 10.5. The number of ether oxygens (including phenoxy) is 10. The zero-order valence-corrected chi connectivity index (χ0v) is 46.1. The number of nitrogens with two attached hydrogens (primary N) is 2. The molecule has 1 heterocycles. The summed E-state index contributed by atoms with van der Waals surface area (Å²) >= 11 is 0. The fourth-order valence-electron chi connectivity index (χ4n) is 6.49. The number of epoxide rings is 1. The van der Waals surface area contributed by atoms with Gasteiger partial charge in [-0.2, -0.15) is 0 Å². The standard InChI is InChI=1S/C36H76N2O7.C11H26N2O3.C6H12O2/c1-6-8-9-10-11-12-13-14-15-16-17-18-19-20-22-42-31-36(40)26-37-32(3)27-43-23-24-45-34(5)29-44-28-33(4)38-25-35(39)30-41-21-7-2;1-9(12)6-14-4-5-16-11(3)8-15-7-10(2)13;1-2-3-7-4-6-5-8-6/h32-40H,6-31H2,1-5H3;9-11H,4-8,12-13H2,1-3H3;6H,2-5H2,1H3. The van der Waals surface area contributed by atoms with Crippen LogP contribution in [-0.2, 0) is 47.4 Å². The minimum Gasteiger partial charge on any atom is -0.389 e. The highest BCUT2D eigenvalue weighted by molar-refractivity contribution is 4.68. The Morgan fingerprint density at radius 2 is 0.812 bits per heavy atom. The van der Waals surface area contributed by atoms with E-state index in [1.165, 1.54) is 83.5 Å². The van der Waals surface area contributed by atoms with E-state index in [4.69, 9.17) is 58.8 Å². The molecule has 0 aromatic heterocycles. The molecule has 0 saturated carbocycles. The van der Waals surface area contributed by atoms with Gasteiger partial charge in [-0.3, -0.25) is 0 Å². The Morgan fingerprint density at radius 3 is 1.26 bits per heavy atom. The molecule has 9 atom stereocenters. The van der Waals surface area contributed by atoms with E-state index >= 15 is 0 Å². The van der Waals surface area contributed by atoms with Gasteiger partial charge in [-0.1, -0.05) is 104 Å². The highest BCUT2D eigenvalue weighted by Gasteiger charge is 2.21. The Hall–Kier alpha value is -0.640. The summed E-state index contributed by atoms with van der Waals surface area (Å²) in [4.78, 5) is 0. The van der Waals surface area contributed by atoms with E-state index in [9.17, 15) is 10.2 Å². The van der Waals surface area contributed by atoms with Gasteiger partial charge >= 0.3 is 0 Å². The van der Waals surface area contributed by atoms with Crippen LogP contribution in [0, 0.1) is 0 Å². The van der Waals surface area contributed by atoms with Crippen molar-refractivity contribution in [3.05, 3.63) is 0 Å². The number of aliphatic hydroxyl groups excluding tert-OH is 2. The van der Waals surface area contributed by atoms with Gasteiger partial charge in [0.1, 0.15) is 6.10 Å². The van der Waals surface area contributed by atoms with Crippen molar-refractivity contribution in [3.8, 4) is 0 Å². The quantitative estimate of drug-likeness (QED) is 0.0269. The second-order valence-electron chi connectivity index (χ2n) is 19.2. The number of hydrogen-bond donors (Lipinski definition) is 6. The van der Waals surface area contributed by atoms with E-state index in [1.54, 1.807) is 0 Å².